The van der Waals surface area contributed by atoms with Crippen molar-refractivity contribution in [2.24, 2.45) is 5.73 Å². The van der Waals surface area contributed by atoms with Crippen LogP contribution in [0.25, 0.3) is 10.9 Å². The van der Waals surface area contributed by atoms with Crippen molar-refractivity contribution in [1.29, 1.82) is 0 Å². The number of nitrogens with one attached hydrogen (secondary N) is 2. The number of nitrogens with two attached hydrogens (primary N) is 1. The molecule has 0 aliphatic rings. The molecule has 6 heteroatoms. The molecule has 1 aromatic carbocycles. The first-order valence-electron chi connectivity index (χ1n) is 5.80. The number of aromatic nitrogens is 2. The summed E-state index contributed by atoms with van der Waals surface area (Å²) < 4.78 is 0. The van der Waals surface area contributed by atoms with Crippen LogP contribution in [0.15, 0.2) is 23.0 Å². The highest BCUT2D eigenvalue weighted by atomic mass is 35.5. The third kappa shape index (κ3) is 3.07. The van der Waals surface area contributed by atoms with E-state index in [9.17, 15) is 4.79 Å². The van der Waals surface area contributed by atoms with Crippen LogP contribution in [0.1, 0.15) is 12.2 Å². The first-order valence-corrected chi connectivity index (χ1v) is 6.18. The fourth-order valence-electron chi connectivity index (χ4n) is 1.68. The van der Waals surface area contributed by atoms with Crippen molar-refractivity contribution in [3.63, 3.8) is 0 Å². The smallest absolute Gasteiger partial charge is 0.258 e. The van der Waals surface area contributed by atoms with Crippen LogP contribution in [0.2, 0.25) is 5.02 Å². The van der Waals surface area contributed by atoms with E-state index in [1.54, 1.807) is 18.2 Å². The van der Waals surface area contributed by atoms with E-state index >= 15 is 0 Å². The summed E-state index contributed by atoms with van der Waals surface area (Å²) in [6.45, 7) is 1.95. The first kappa shape index (κ1) is 13.0. The molecule has 0 atom stereocenters. The molecule has 0 radical (unpaired) electrons. The van der Waals surface area contributed by atoms with Gasteiger partial charge in [0.25, 0.3) is 5.56 Å². The van der Waals surface area contributed by atoms with Gasteiger partial charge in [0.1, 0.15) is 5.82 Å². The second kappa shape index (κ2) is 5.95. The van der Waals surface area contributed by atoms with Crippen LogP contribution in [0.4, 0.5) is 0 Å². The molecule has 0 bridgehead atoms. The molecule has 5 nitrogen and oxygen atoms in total. The fraction of sp³-hybridized carbons (Fsp3) is 0.333. The number of H-pyrrole nitrogens is 1. The number of nitrogens with zero attached hydrogens (tertiary/aromatic N) is 1. The summed E-state index contributed by atoms with van der Waals surface area (Å²) in [6, 6.07) is 5.05. The summed E-state index contributed by atoms with van der Waals surface area (Å²) in [6.07, 6.45) is 0.893. The van der Waals surface area contributed by atoms with Gasteiger partial charge in [-0.2, -0.15) is 0 Å². The molecule has 1 aromatic heterocycles. The summed E-state index contributed by atoms with van der Waals surface area (Å²) in [7, 11) is 0. The predicted molar refractivity (Wildman–Crippen MR) is 72.8 cm³/mol. The van der Waals surface area contributed by atoms with E-state index in [-0.39, 0.29) is 5.56 Å². The third-order valence-corrected chi connectivity index (χ3v) is 2.80. The first-order chi connectivity index (χ1) is 8.70. The van der Waals surface area contributed by atoms with Crippen molar-refractivity contribution >= 4 is 22.5 Å². The Hall–Kier alpha value is -1.43. The van der Waals surface area contributed by atoms with Crippen molar-refractivity contribution in [1.82, 2.24) is 15.3 Å². The second-order valence-corrected chi connectivity index (χ2v) is 4.43. The second-order valence-electron chi connectivity index (χ2n) is 3.99. The molecule has 0 amide bonds. The van der Waals surface area contributed by atoms with Crippen LogP contribution >= 0.6 is 11.6 Å². The van der Waals surface area contributed by atoms with Gasteiger partial charge in [0.05, 0.1) is 17.4 Å². The Morgan fingerprint density at radius 2 is 2.28 bits per heavy atom. The van der Waals surface area contributed by atoms with Gasteiger partial charge in [0.2, 0.25) is 0 Å². The van der Waals surface area contributed by atoms with Crippen LogP contribution in [0.5, 0.6) is 0 Å². The van der Waals surface area contributed by atoms with Crippen LogP contribution in [-0.2, 0) is 6.54 Å². The number of hydrogen-bond acceptors (Lipinski definition) is 4. The lowest BCUT2D eigenvalue weighted by Gasteiger charge is -2.05. The lowest BCUT2D eigenvalue weighted by atomic mass is 10.2. The highest BCUT2D eigenvalue weighted by Crippen LogP contribution is 2.14. The summed E-state index contributed by atoms with van der Waals surface area (Å²) in [5.74, 6) is 0.604. The molecule has 0 fully saturated rings. The number of aromatic amines is 1. The molecule has 96 valence electrons. The molecule has 0 spiro atoms. The van der Waals surface area contributed by atoms with Gasteiger partial charge in [-0.05, 0) is 37.7 Å². The van der Waals surface area contributed by atoms with E-state index in [1.807, 2.05) is 0 Å². The van der Waals surface area contributed by atoms with Gasteiger partial charge < -0.3 is 16.0 Å². The van der Waals surface area contributed by atoms with Gasteiger partial charge >= 0.3 is 0 Å². The van der Waals surface area contributed by atoms with Crippen molar-refractivity contribution in [2.45, 2.75) is 13.0 Å². The van der Waals surface area contributed by atoms with Gasteiger partial charge in [-0.3, -0.25) is 4.79 Å². The molecule has 1 heterocycles. The molecule has 4 N–H and O–H groups in total. The zero-order valence-corrected chi connectivity index (χ0v) is 10.6. The number of halogens is 1. The van der Waals surface area contributed by atoms with Crippen LogP contribution < -0.4 is 16.6 Å². The maximum absolute atomic E-state index is 11.8. The SMILES string of the molecule is NCCCNCc1nc2cc(Cl)ccc2c(=O)[nH]1. The Labute approximate surface area is 109 Å². The lowest BCUT2D eigenvalue weighted by Crippen LogP contribution is -2.21. The number of rotatable bonds is 5. The normalized spacial score (nSPS) is 11.0. The van der Waals surface area contributed by atoms with E-state index in [0.717, 1.165) is 13.0 Å². The van der Waals surface area contributed by atoms with Gasteiger partial charge in [0.15, 0.2) is 0 Å². The van der Waals surface area contributed by atoms with E-state index in [1.165, 1.54) is 0 Å². The van der Waals surface area contributed by atoms with E-state index < -0.39 is 0 Å². The molecule has 0 saturated carbocycles. The Morgan fingerprint density at radius 1 is 1.44 bits per heavy atom. The van der Waals surface area contributed by atoms with E-state index in [4.69, 9.17) is 17.3 Å². The van der Waals surface area contributed by atoms with Crippen LogP contribution in [-0.4, -0.2) is 23.1 Å². The molecule has 2 aromatic rings. The molecular weight excluding hydrogens is 252 g/mol. The minimum atomic E-state index is -0.146. The Balaban J connectivity index is 2.22. The van der Waals surface area contributed by atoms with Gasteiger partial charge in [-0.15, -0.1) is 0 Å². The summed E-state index contributed by atoms with van der Waals surface area (Å²) >= 11 is 5.89. The molecule has 2 rings (SSSR count). The van der Waals surface area contributed by atoms with Gasteiger partial charge in [0, 0.05) is 5.02 Å². The highest BCUT2D eigenvalue weighted by molar-refractivity contribution is 6.31. The van der Waals surface area contributed by atoms with Gasteiger partial charge in [-0.25, -0.2) is 4.98 Å². The monoisotopic (exact) mass is 266 g/mol. The average Bonchev–Trinajstić information content (AvgIpc) is 2.34. The molecule has 0 unspecified atom stereocenters. The number of fused-ring (bicyclic) bond motifs is 1. The zero-order chi connectivity index (χ0) is 13.0. The summed E-state index contributed by atoms with van der Waals surface area (Å²) in [4.78, 5) is 18.9. The number of hydrogen-bond donors (Lipinski definition) is 3. The van der Waals surface area contributed by atoms with Crippen molar-refractivity contribution in [3.8, 4) is 0 Å². The quantitative estimate of drug-likeness (QED) is 0.706. The van der Waals surface area contributed by atoms with Crippen LogP contribution in [0, 0.1) is 0 Å². The Bertz CT molecular complexity index is 596. The molecular formula is C12H15ClN4O. The largest absolute Gasteiger partial charge is 0.330 e. The minimum absolute atomic E-state index is 0.146. The Kier molecular flexibility index (Phi) is 4.30. The molecule has 18 heavy (non-hydrogen) atoms. The van der Waals surface area contributed by atoms with Crippen molar-refractivity contribution in [3.05, 3.63) is 39.4 Å². The standard InChI is InChI=1S/C12H15ClN4O/c13-8-2-3-9-10(6-8)16-11(17-12(9)18)7-15-5-1-4-14/h2-3,6,15H,1,4-5,7,14H2,(H,16,17,18). The van der Waals surface area contributed by atoms with Crippen LogP contribution in [0.3, 0.4) is 0 Å². The highest BCUT2D eigenvalue weighted by Gasteiger charge is 2.04. The van der Waals surface area contributed by atoms with E-state index in [2.05, 4.69) is 15.3 Å². The average molecular weight is 267 g/mol. The molecule has 0 aliphatic heterocycles. The molecule has 0 aliphatic carbocycles. The maximum Gasteiger partial charge on any atom is 0.258 e. The number of benzene rings is 1. The maximum atomic E-state index is 11.8. The third-order valence-electron chi connectivity index (χ3n) is 2.57. The van der Waals surface area contributed by atoms with Crippen molar-refractivity contribution < 1.29 is 0 Å². The minimum Gasteiger partial charge on any atom is -0.330 e. The topological polar surface area (TPSA) is 83.8 Å². The van der Waals surface area contributed by atoms with Crippen molar-refractivity contribution in [2.75, 3.05) is 13.1 Å². The fourth-order valence-corrected chi connectivity index (χ4v) is 1.84. The summed E-state index contributed by atoms with van der Waals surface area (Å²) in [5.41, 5.74) is 5.86. The lowest BCUT2D eigenvalue weighted by molar-refractivity contribution is 0.635. The summed E-state index contributed by atoms with van der Waals surface area (Å²) in [5, 5.41) is 4.28. The predicted octanol–water partition coefficient (Wildman–Crippen LogP) is 1.01. The van der Waals surface area contributed by atoms with Gasteiger partial charge in [-0.1, -0.05) is 11.6 Å². The molecule has 0 saturated heterocycles. The van der Waals surface area contributed by atoms with E-state index in [0.29, 0.717) is 34.8 Å². The zero-order valence-electron chi connectivity index (χ0n) is 9.87. The Morgan fingerprint density at radius 3 is 3.06 bits per heavy atom.